The van der Waals surface area contributed by atoms with Gasteiger partial charge in [-0.15, -0.1) is 0 Å². The molecule has 2 aromatic rings. The molecule has 3 rings (SSSR count). The van der Waals surface area contributed by atoms with Crippen molar-refractivity contribution < 1.29 is 19.1 Å². The van der Waals surface area contributed by atoms with Gasteiger partial charge >= 0.3 is 0 Å². The summed E-state index contributed by atoms with van der Waals surface area (Å²) in [4.78, 5) is 26.6. The number of halogens is 6. The van der Waals surface area contributed by atoms with Crippen LogP contribution < -0.4 is 37.9 Å². The number of hydrogen-bond donors (Lipinski definition) is 5. The molecule has 0 unspecified atom stereocenters. The fourth-order valence-electron chi connectivity index (χ4n) is 3.52. The fourth-order valence-corrected chi connectivity index (χ4v) is 4.71. The highest BCUT2D eigenvalue weighted by atomic mass is 35.5. The van der Waals surface area contributed by atoms with E-state index in [2.05, 4.69) is 25.4 Å². The first-order chi connectivity index (χ1) is 22.5. The maximum Gasteiger partial charge on any atom is 0.226 e. The van der Waals surface area contributed by atoms with Crippen LogP contribution in [0.5, 0.6) is 11.5 Å². The minimum Gasteiger partial charge on any atom is -0.492 e. The maximum absolute atomic E-state index is 6.04. The summed E-state index contributed by atoms with van der Waals surface area (Å²) in [5.41, 5.74) is 24.3. The summed E-state index contributed by atoms with van der Waals surface area (Å²) in [6, 6.07) is 6.23. The van der Waals surface area contributed by atoms with Crippen LogP contribution in [0.15, 0.2) is 44.2 Å². The summed E-state index contributed by atoms with van der Waals surface area (Å²) in [7, 11) is 0. The highest BCUT2D eigenvalue weighted by Gasteiger charge is 2.33. The van der Waals surface area contributed by atoms with Crippen molar-refractivity contribution in [2.45, 2.75) is 52.2 Å². The van der Waals surface area contributed by atoms with Gasteiger partial charge in [0, 0.05) is 31.0 Å². The third-order valence-electron chi connectivity index (χ3n) is 5.49. The third kappa shape index (κ3) is 14.3. The zero-order chi connectivity index (χ0) is 36.0. The van der Waals surface area contributed by atoms with Crippen LogP contribution in [0.25, 0.3) is 0 Å². The van der Waals surface area contributed by atoms with Crippen LogP contribution in [0.1, 0.15) is 40.5 Å². The van der Waals surface area contributed by atoms with Crippen LogP contribution in [-0.4, -0.2) is 67.0 Å². The standard InChI is InChI=1S/C14H18Cl3N5O2.C14H20Cl3N5O2/c1-14(2)21-12(18)20-13(19)22(14)24-5-3-4-23-11-7-9(16)8(15)6-10(11)17;1-8(2)20-13(18)21-14(19)22-24-5-3-4-23-12-7-10(16)9(15)6-11(12)17/h6-7H,3-5H2,1-2H3,(H4,18,19,20,21);6-8H,3-5H2,1-2H3,(H5,18,19,20,21,22). The third-order valence-corrected chi connectivity index (χ3v) is 7.52. The van der Waals surface area contributed by atoms with Crippen molar-refractivity contribution in [1.82, 2.24) is 10.5 Å². The van der Waals surface area contributed by atoms with E-state index in [0.29, 0.717) is 80.9 Å². The number of hydroxylamine groups is 3. The summed E-state index contributed by atoms with van der Waals surface area (Å²) in [5.74, 6) is 1.29. The molecular formula is C28H38Cl6N10O4. The van der Waals surface area contributed by atoms with Crippen molar-refractivity contribution in [3.63, 3.8) is 0 Å². The number of guanidine groups is 4. The number of rotatable bonds is 13. The summed E-state index contributed by atoms with van der Waals surface area (Å²) in [5, 5.41) is 3.69. The predicted octanol–water partition coefficient (Wildman–Crippen LogP) is 6.00. The first-order valence-electron chi connectivity index (χ1n) is 14.2. The first-order valence-corrected chi connectivity index (χ1v) is 16.5. The van der Waals surface area contributed by atoms with Crippen LogP contribution in [0.3, 0.4) is 0 Å². The Bertz CT molecular complexity index is 1510. The number of nitrogens with two attached hydrogens (primary N) is 4. The number of nitrogens with zero attached hydrogens (tertiary/aromatic N) is 5. The molecule has 9 N–H and O–H groups in total. The maximum atomic E-state index is 6.04. The predicted molar refractivity (Wildman–Crippen MR) is 196 cm³/mol. The highest BCUT2D eigenvalue weighted by Crippen LogP contribution is 2.35. The molecule has 0 spiro atoms. The second-order valence-corrected chi connectivity index (χ2v) is 12.8. The average molecular weight is 791 g/mol. The Morgan fingerprint density at radius 2 is 1.31 bits per heavy atom. The van der Waals surface area contributed by atoms with E-state index in [4.69, 9.17) is 112 Å². The van der Waals surface area contributed by atoms with E-state index in [-0.39, 0.29) is 29.9 Å². The summed E-state index contributed by atoms with van der Waals surface area (Å²) < 4.78 is 11.1. The van der Waals surface area contributed by atoms with Crippen molar-refractivity contribution >= 4 is 93.4 Å². The average Bonchev–Trinajstić information content (AvgIpc) is 2.96. The Labute approximate surface area is 309 Å². The molecule has 0 bridgehead atoms. The van der Waals surface area contributed by atoms with Gasteiger partial charge in [-0.1, -0.05) is 69.6 Å². The van der Waals surface area contributed by atoms with Gasteiger partial charge in [-0.2, -0.15) is 15.0 Å². The molecule has 20 heteroatoms. The highest BCUT2D eigenvalue weighted by molar-refractivity contribution is 6.44. The molecule has 0 fully saturated rings. The molecule has 14 nitrogen and oxygen atoms in total. The molecule has 1 aliphatic rings. The van der Waals surface area contributed by atoms with Gasteiger partial charge in [0.25, 0.3) is 0 Å². The molecule has 0 radical (unpaired) electrons. The summed E-state index contributed by atoms with van der Waals surface area (Å²) in [6.07, 6.45) is 1.15. The Morgan fingerprint density at radius 3 is 1.81 bits per heavy atom. The summed E-state index contributed by atoms with van der Waals surface area (Å²) >= 11 is 35.6. The fraction of sp³-hybridized carbons (Fsp3) is 0.429. The molecule has 1 aliphatic heterocycles. The lowest BCUT2D eigenvalue weighted by molar-refractivity contribution is -0.158. The van der Waals surface area contributed by atoms with Crippen LogP contribution in [-0.2, 0) is 9.68 Å². The zero-order valence-electron chi connectivity index (χ0n) is 26.6. The van der Waals surface area contributed by atoms with Crippen LogP contribution in [0, 0.1) is 0 Å². The molecule has 266 valence electrons. The smallest absolute Gasteiger partial charge is 0.226 e. The number of aliphatic imine (C=N–C) groups is 4. The molecule has 48 heavy (non-hydrogen) atoms. The van der Waals surface area contributed by atoms with Gasteiger partial charge in [-0.05, 0) is 39.8 Å². The molecule has 1 heterocycles. The number of ether oxygens (including phenoxy) is 2. The van der Waals surface area contributed by atoms with Gasteiger partial charge < -0.3 is 32.4 Å². The lowest BCUT2D eigenvalue weighted by Gasteiger charge is -2.36. The molecule has 0 saturated carbocycles. The number of nitrogens with one attached hydrogen (secondary N) is 1. The SMILES string of the molecule is CC(C)N=C(N)N=C(N)NOCCCOc1cc(Cl)c(Cl)cc1Cl.CC1(C)N=C(N)N=C(N)N1OCCCOc1cc(Cl)c(Cl)cc1Cl. The Hall–Kier alpha value is -2.82. The quantitative estimate of drug-likeness (QED) is 0.0526. The number of benzene rings is 2. The normalized spacial score (nSPS) is 14.6. The Kier molecular flexibility index (Phi) is 17.2. The van der Waals surface area contributed by atoms with Crippen LogP contribution >= 0.6 is 69.6 Å². The molecule has 0 atom stereocenters. The van der Waals surface area contributed by atoms with Gasteiger partial charge in [0.05, 0.1) is 56.6 Å². The molecular weight excluding hydrogens is 753 g/mol. The lowest BCUT2D eigenvalue weighted by Crippen LogP contribution is -2.53. The van der Waals surface area contributed by atoms with Crippen molar-refractivity contribution in [3.8, 4) is 11.5 Å². The van der Waals surface area contributed by atoms with Crippen LogP contribution in [0.2, 0.25) is 30.1 Å². The van der Waals surface area contributed by atoms with E-state index < -0.39 is 5.66 Å². The molecule has 0 aliphatic carbocycles. The molecule has 0 saturated heterocycles. The largest absolute Gasteiger partial charge is 0.492 e. The summed E-state index contributed by atoms with van der Waals surface area (Å²) in [6.45, 7) is 8.79. The minimum absolute atomic E-state index is 0.0188. The van der Waals surface area contributed by atoms with Gasteiger partial charge in [-0.3, -0.25) is 9.68 Å². The Balaban J connectivity index is 0.000000333. The van der Waals surface area contributed by atoms with Crippen molar-refractivity contribution in [3.05, 3.63) is 54.4 Å². The van der Waals surface area contributed by atoms with E-state index in [1.165, 1.54) is 17.2 Å². The monoisotopic (exact) mass is 788 g/mol. The van der Waals surface area contributed by atoms with Gasteiger partial charge in [0.15, 0.2) is 5.66 Å². The van der Waals surface area contributed by atoms with E-state index in [1.807, 2.05) is 27.7 Å². The minimum atomic E-state index is -0.732. The molecule has 2 aromatic carbocycles. The van der Waals surface area contributed by atoms with E-state index in [9.17, 15) is 0 Å². The topological polar surface area (TPSA) is 206 Å². The van der Waals surface area contributed by atoms with Crippen molar-refractivity contribution in [1.29, 1.82) is 0 Å². The van der Waals surface area contributed by atoms with E-state index in [0.717, 1.165) is 0 Å². The second-order valence-electron chi connectivity index (χ2n) is 10.4. The zero-order valence-corrected chi connectivity index (χ0v) is 31.1. The van der Waals surface area contributed by atoms with E-state index >= 15 is 0 Å². The molecule has 0 amide bonds. The van der Waals surface area contributed by atoms with Crippen molar-refractivity contribution in [2.24, 2.45) is 42.9 Å². The number of hydrogen-bond acceptors (Lipinski definition) is 10. The first kappa shape index (κ1) is 41.4. The Morgan fingerprint density at radius 1 is 0.812 bits per heavy atom. The second kappa shape index (κ2) is 20.0. The van der Waals surface area contributed by atoms with Crippen molar-refractivity contribution in [2.75, 3.05) is 26.4 Å². The molecule has 0 aromatic heterocycles. The lowest BCUT2D eigenvalue weighted by atomic mass is 10.2. The van der Waals surface area contributed by atoms with Gasteiger partial charge in [-0.25, -0.2) is 15.5 Å². The van der Waals surface area contributed by atoms with Crippen LogP contribution in [0.4, 0.5) is 0 Å². The van der Waals surface area contributed by atoms with Gasteiger partial charge in [0.2, 0.25) is 23.8 Å². The van der Waals surface area contributed by atoms with E-state index in [1.54, 1.807) is 12.1 Å². The van der Waals surface area contributed by atoms with Gasteiger partial charge in [0.1, 0.15) is 11.5 Å².